The van der Waals surface area contributed by atoms with Crippen molar-refractivity contribution >= 4 is 5.91 Å². The molecule has 18 heavy (non-hydrogen) atoms. The van der Waals surface area contributed by atoms with Crippen molar-refractivity contribution < 1.29 is 14.6 Å². The van der Waals surface area contributed by atoms with E-state index in [1.807, 2.05) is 20.8 Å². The van der Waals surface area contributed by atoms with E-state index in [0.29, 0.717) is 18.7 Å². The van der Waals surface area contributed by atoms with Crippen LogP contribution >= 0.6 is 0 Å². The molecule has 0 bridgehead atoms. The summed E-state index contributed by atoms with van der Waals surface area (Å²) in [6.07, 6.45) is 0.0228. The first-order chi connectivity index (χ1) is 8.50. The minimum atomic E-state index is -0.126. The van der Waals surface area contributed by atoms with Gasteiger partial charge in [-0.1, -0.05) is 11.6 Å². The lowest BCUT2D eigenvalue weighted by Crippen LogP contribution is -2.51. The summed E-state index contributed by atoms with van der Waals surface area (Å²) in [6, 6.07) is 5.10. The SMILES string of the molecule is Cc1ccc(O)c(C(=O)N2CCO[C@H](C)[C@@H]2C)c1. The molecule has 0 spiro atoms. The van der Waals surface area contributed by atoms with E-state index >= 15 is 0 Å². The number of ether oxygens (including phenoxy) is 1. The number of phenols is 1. The third-order valence-electron chi connectivity index (χ3n) is 3.53. The van der Waals surface area contributed by atoms with Gasteiger partial charge in [-0.2, -0.15) is 0 Å². The van der Waals surface area contributed by atoms with Gasteiger partial charge in [0, 0.05) is 6.54 Å². The number of benzene rings is 1. The maximum atomic E-state index is 12.4. The lowest BCUT2D eigenvalue weighted by Gasteiger charge is -2.38. The second-order valence-electron chi connectivity index (χ2n) is 4.84. The number of rotatable bonds is 1. The molecule has 1 amide bonds. The van der Waals surface area contributed by atoms with Crippen molar-refractivity contribution in [3.05, 3.63) is 29.3 Å². The Bertz CT molecular complexity index is 458. The van der Waals surface area contributed by atoms with Crippen molar-refractivity contribution in [2.75, 3.05) is 13.2 Å². The van der Waals surface area contributed by atoms with Crippen molar-refractivity contribution in [3.8, 4) is 5.75 Å². The van der Waals surface area contributed by atoms with E-state index in [0.717, 1.165) is 5.56 Å². The molecule has 98 valence electrons. The van der Waals surface area contributed by atoms with Crippen LogP contribution < -0.4 is 0 Å². The zero-order valence-electron chi connectivity index (χ0n) is 11.0. The van der Waals surface area contributed by atoms with E-state index in [9.17, 15) is 9.90 Å². The Morgan fingerprint density at radius 2 is 2.17 bits per heavy atom. The second-order valence-corrected chi connectivity index (χ2v) is 4.84. The van der Waals surface area contributed by atoms with Gasteiger partial charge in [-0.25, -0.2) is 0 Å². The molecule has 1 aliphatic heterocycles. The molecule has 1 heterocycles. The monoisotopic (exact) mass is 249 g/mol. The van der Waals surface area contributed by atoms with Gasteiger partial charge in [-0.05, 0) is 32.9 Å². The number of morpholine rings is 1. The van der Waals surface area contributed by atoms with Gasteiger partial charge in [0.1, 0.15) is 5.75 Å². The fourth-order valence-electron chi connectivity index (χ4n) is 2.20. The van der Waals surface area contributed by atoms with Crippen molar-refractivity contribution in [2.45, 2.75) is 32.9 Å². The number of aromatic hydroxyl groups is 1. The maximum absolute atomic E-state index is 12.4. The Hall–Kier alpha value is -1.55. The Labute approximate surface area is 107 Å². The Morgan fingerprint density at radius 1 is 1.44 bits per heavy atom. The molecular weight excluding hydrogens is 230 g/mol. The number of carbonyl (C=O) groups is 1. The summed E-state index contributed by atoms with van der Waals surface area (Å²) >= 11 is 0. The summed E-state index contributed by atoms with van der Waals surface area (Å²) in [4.78, 5) is 14.2. The molecule has 4 heteroatoms. The van der Waals surface area contributed by atoms with Gasteiger partial charge in [0.2, 0.25) is 0 Å². The van der Waals surface area contributed by atoms with E-state index in [-0.39, 0.29) is 23.8 Å². The average molecular weight is 249 g/mol. The van der Waals surface area contributed by atoms with E-state index in [1.54, 1.807) is 23.1 Å². The number of aryl methyl sites for hydroxylation is 1. The molecule has 1 aliphatic rings. The maximum Gasteiger partial charge on any atom is 0.258 e. The molecule has 1 N–H and O–H groups in total. The minimum Gasteiger partial charge on any atom is -0.507 e. The van der Waals surface area contributed by atoms with Crippen molar-refractivity contribution in [1.82, 2.24) is 4.90 Å². The van der Waals surface area contributed by atoms with Crippen LogP contribution in [0.25, 0.3) is 0 Å². The van der Waals surface area contributed by atoms with Crippen LogP contribution in [-0.2, 0) is 4.74 Å². The number of nitrogens with zero attached hydrogens (tertiary/aromatic N) is 1. The summed E-state index contributed by atoms with van der Waals surface area (Å²) < 4.78 is 5.50. The molecule has 1 aromatic carbocycles. The predicted octanol–water partition coefficient (Wildman–Crippen LogP) is 1.95. The van der Waals surface area contributed by atoms with Crippen LogP contribution in [0.3, 0.4) is 0 Å². The molecule has 2 atom stereocenters. The van der Waals surface area contributed by atoms with Gasteiger partial charge < -0.3 is 14.7 Å². The summed E-state index contributed by atoms with van der Waals surface area (Å²) in [5, 5.41) is 9.81. The predicted molar refractivity (Wildman–Crippen MR) is 68.8 cm³/mol. The summed E-state index contributed by atoms with van der Waals surface area (Å²) in [6.45, 7) is 6.94. The van der Waals surface area contributed by atoms with Crippen molar-refractivity contribution in [1.29, 1.82) is 0 Å². The molecule has 1 saturated heterocycles. The molecule has 2 rings (SSSR count). The van der Waals surface area contributed by atoms with Gasteiger partial charge >= 0.3 is 0 Å². The molecule has 4 nitrogen and oxygen atoms in total. The average Bonchev–Trinajstić information content (AvgIpc) is 2.35. The van der Waals surface area contributed by atoms with E-state index in [2.05, 4.69) is 0 Å². The Kier molecular flexibility index (Phi) is 3.57. The normalized spacial score (nSPS) is 24.1. The molecule has 0 aliphatic carbocycles. The topological polar surface area (TPSA) is 49.8 Å². The molecule has 0 aromatic heterocycles. The van der Waals surface area contributed by atoms with Crippen LogP contribution in [0.1, 0.15) is 29.8 Å². The van der Waals surface area contributed by atoms with Gasteiger partial charge in [-0.15, -0.1) is 0 Å². The Balaban J connectivity index is 2.27. The number of amides is 1. The fourth-order valence-corrected chi connectivity index (χ4v) is 2.20. The van der Waals surface area contributed by atoms with Crippen molar-refractivity contribution in [2.24, 2.45) is 0 Å². The quantitative estimate of drug-likeness (QED) is 0.827. The summed E-state index contributed by atoms with van der Waals surface area (Å²) in [7, 11) is 0. The van der Waals surface area contributed by atoms with Gasteiger partial charge in [0.05, 0.1) is 24.3 Å². The second kappa shape index (κ2) is 4.98. The number of phenolic OH excluding ortho intramolecular Hbond substituents is 1. The lowest BCUT2D eigenvalue weighted by atomic mass is 10.1. The van der Waals surface area contributed by atoms with Crippen LogP contribution in [-0.4, -0.2) is 41.2 Å². The standard InChI is InChI=1S/C14H19NO3/c1-9-4-5-13(16)12(8-9)14(17)15-6-7-18-11(3)10(15)2/h4-5,8,10-11,16H,6-7H2,1-3H3/t10-,11+/m0/s1. The lowest BCUT2D eigenvalue weighted by molar-refractivity contribution is -0.0441. The highest BCUT2D eigenvalue weighted by molar-refractivity contribution is 5.97. The van der Waals surface area contributed by atoms with E-state index in [1.165, 1.54) is 0 Å². The molecule has 0 radical (unpaired) electrons. The van der Waals surface area contributed by atoms with Crippen LogP contribution in [0.15, 0.2) is 18.2 Å². The van der Waals surface area contributed by atoms with Crippen LogP contribution in [0.2, 0.25) is 0 Å². The number of hydrogen-bond acceptors (Lipinski definition) is 3. The first-order valence-electron chi connectivity index (χ1n) is 6.23. The summed E-state index contributed by atoms with van der Waals surface area (Å²) in [5.74, 6) is -0.0872. The fraction of sp³-hybridized carbons (Fsp3) is 0.500. The zero-order valence-corrected chi connectivity index (χ0v) is 11.0. The number of hydrogen-bond donors (Lipinski definition) is 1. The minimum absolute atomic E-state index is 0.0196. The first kappa shape index (κ1) is 12.9. The zero-order chi connectivity index (χ0) is 13.3. The number of carbonyl (C=O) groups excluding carboxylic acids is 1. The van der Waals surface area contributed by atoms with E-state index in [4.69, 9.17) is 4.74 Å². The van der Waals surface area contributed by atoms with Crippen LogP contribution in [0, 0.1) is 6.92 Å². The summed E-state index contributed by atoms with van der Waals surface area (Å²) in [5.41, 5.74) is 1.33. The van der Waals surface area contributed by atoms with Crippen LogP contribution in [0.5, 0.6) is 5.75 Å². The van der Waals surface area contributed by atoms with Gasteiger partial charge in [-0.3, -0.25) is 4.79 Å². The molecule has 0 saturated carbocycles. The highest BCUT2D eigenvalue weighted by Gasteiger charge is 2.30. The highest BCUT2D eigenvalue weighted by atomic mass is 16.5. The Morgan fingerprint density at radius 3 is 2.89 bits per heavy atom. The van der Waals surface area contributed by atoms with Crippen LogP contribution in [0.4, 0.5) is 0 Å². The molecule has 1 fully saturated rings. The van der Waals surface area contributed by atoms with Crippen molar-refractivity contribution in [3.63, 3.8) is 0 Å². The largest absolute Gasteiger partial charge is 0.507 e. The third-order valence-corrected chi connectivity index (χ3v) is 3.53. The third kappa shape index (κ3) is 2.34. The molecular formula is C14H19NO3. The first-order valence-corrected chi connectivity index (χ1v) is 6.23. The smallest absolute Gasteiger partial charge is 0.258 e. The molecule has 1 aromatic rings. The molecule has 0 unspecified atom stereocenters. The van der Waals surface area contributed by atoms with Gasteiger partial charge in [0.25, 0.3) is 5.91 Å². The highest BCUT2D eigenvalue weighted by Crippen LogP contribution is 2.23. The van der Waals surface area contributed by atoms with Gasteiger partial charge in [0.15, 0.2) is 0 Å². The van der Waals surface area contributed by atoms with E-state index < -0.39 is 0 Å².